The molecule has 0 amide bonds. The van der Waals surface area contributed by atoms with E-state index in [0.29, 0.717) is 6.17 Å². The minimum atomic E-state index is 0. The molecule has 0 saturated carbocycles. The summed E-state index contributed by atoms with van der Waals surface area (Å²) in [7, 11) is 4.28. The molecule has 0 bridgehead atoms. The summed E-state index contributed by atoms with van der Waals surface area (Å²) in [6.45, 7) is 3.16. The summed E-state index contributed by atoms with van der Waals surface area (Å²) >= 11 is 0. The molecule has 0 aliphatic rings. The van der Waals surface area contributed by atoms with E-state index >= 15 is 0 Å². The van der Waals surface area contributed by atoms with E-state index in [4.69, 9.17) is 0 Å². The summed E-state index contributed by atoms with van der Waals surface area (Å²) in [5.74, 6) is 0. The fraction of sp³-hybridized carbons (Fsp3) is 0.438. The van der Waals surface area contributed by atoms with Crippen molar-refractivity contribution in [3.05, 3.63) is 54.6 Å². The molecule has 1 heterocycles. The molecule has 0 spiro atoms. The van der Waals surface area contributed by atoms with Crippen molar-refractivity contribution in [1.29, 1.82) is 0 Å². The molecule has 1 aromatic heterocycles. The zero-order valence-electron chi connectivity index (χ0n) is 12.5. The van der Waals surface area contributed by atoms with Gasteiger partial charge >= 0.3 is 0 Å². The van der Waals surface area contributed by atoms with Crippen LogP contribution in [0.15, 0.2) is 49.1 Å². The lowest BCUT2D eigenvalue weighted by molar-refractivity contribution is -0.742. The topological polar surface area (TPSA) is 12.1 Å². The third-order valence-corrected chi connectivity index (χ3v) is 3.41. The summed E-state index contributed by atoms with van der Waals surface area (Å²) in [6.07, 6.45) is 9.34. The highest BCUT2D eigenvalue weighted by molar-refractivity contribution is 5.14. The number of hydrogen-bond acceptors (Lipinski definition) is 1. The van der Waals surface area contributed by atoms with Gasteiger partial charge in [0.05, 0.1) is 0 Å². The van der Waals surface area contributed by atoms with Crippen LogP contribution >= 0.6 is 0 Å². The van der Waals surface area contributed by atoms with Gasteiger partial charge in [-0.3, -0.25) is 4.90 Å². The molecule has 0 N–H and O–H groups in total. The van der Waals surface area contributed by atoms with Gasteiger partial charge in [-0.2, -0.15) is 0 Å². The molecule has 1 atom stereocenters. The van der Waals surface area contributed by atoms with Crippen LogP contribution in [-0.2, 0) is 6.54 Å². The van der Waals surface area contributed by atoms with Crippen LogP contribution < -0.4 is 21.5 Å². The third-order valence-electron chi connectivity index (χ3n) is 3.41. The Morgan fingerprint density at radius 2 is 1.90 bits per heavy atom. The molecule has 0 aliphatic carbocycles. The fourth-order valence-electron chi connectivity index (χ4n) is 2.41. The van der Waals surface area contributed by atoms with Gasteiger partial charge in [0.25, 0.3) is 0 Å². The van der Waals surface area contributed by atoms with Gasteiger partial charge in [-0.25, -0.2) is 9.13 Å². The average Bonchev–Trinajstić information content (AvgIpc) is 2.85. The molecule has 4 heteroatoms. The van der Waals surface area contributed by atoms with E-state index in [9.17, 15) is 0 Å². The van der Waals surface area contributed by atoms with Crippen molar-refractivity contribution in [3.8, 4) is 0 Å². The van der Waals surface area contributed by atoms with Gasteiger partial charge in [0.1, 0.15) is 18.9 Å². The summed E-state index contributed by atoms with van der Waals surface area (Å²) in [4.78, 5) is 2.27. The lowest BCUT2D eigenvalue weighted by Gasteiger charge is -2.20. The molecular formula is C16H24BrN3. The van der Waals surface area contributed by atoms with Gasteiger partial charge in [-0.15, -0.1) is 0 Å². The quantitative estimate of drug-likeness (QED) is 0.658. The summed E-state index contributed by atoms with van der Waals surface area (Å²) in [5, 5.41) is 0. The van der Waals surface area contributed by atoms with E-state index in [1.54, 1.807) is 0 Å². The smallest absolute Gasteiger partial charge is 0.245 e. The van der Waals surface area contributed by atoms with Gasteiger partial charge in [-0.1, -0.05) is 43.7 Å². The summed E-state index contributed by atoms with van der Waals surface area (Å²) in [5.41, 5.74) is 1.34. The van der Waals surface area contributed by atoms with Crippen LogP contribution in [0, 0.1) is 0 Å². The van der Waals surface area contributed by atoms with Crippen LogP contribution in [0.2, 0.25) is 0 Å². The van der Waals surface area contributed by atoms with Crippen LogP contribution in [0.25, 0.3) is 0 Å². The first-order valence-corrected chi connectivity index (χ1v) is 6.97. The largest absolute Gasteiger partial charge is 1.00 e. The van der Waals surface area contributed by atoms with Gasteiger partial charge in [0.15, 0.2) is 6.17 Å². The Hall–Kier alpha value is -1.13. The summed E-state index contributed by atoms with van der Waals surface area (Å²) < 4.78 is 4.54. The lowest BCUT2D eigenvalue weighted by Crippen LogP contribution is -3.00. The molecule has 0 fully saturated rings. The molecular weight excluding hydrogens is 314 g/mol. The second-order valence-corrected chi connectivity index (χ2v) is 5.25. The maximum atomic E-state index is 2.30. The maximum absolute atomic E-state index is 2.30. The van der Waals surface area contributed by atoms with Crippen LogP contribution in [0.3, 0.4) is 0 Å². The standard InChI is InChI=1S/C16H24N3.BrH/c1-4-8-16(17(2)3)19-12-11-18(14-19)13-15-9-6-5-7-10-15;/h5-7,9-12,14,16H,4,8,13H2,1-3H3;1H/q+1;/p-1. The third kappa shape index (κ3) is 4.46. The van der Waals surface area contributed by atoms with Crippen LogP contribution in [0.4, 0.5) is 0 Å². The number of halogens is 1. The van der Waals surface area contributed by atoms with Crippen LogP contribution in [0.5, 0.6) is 0 Å². The van der Waals surface area contributed by atoms with Gasteiger partial charge in [-0.05, 0) is 19.7 Å². The fourth-order valence-corrected chi connectivity index (χ4v) is 2.41. The number of aromatic nitrogens is 2. The highest BCUT2D eigenvalue weighted by Gasteiger charge is 2.18. The van der Waals surface area contributed by atoms with E-state index in [-0.39, 0.29) is 17.0 Å². The lowest BCUT2D eigenvalue weighted by atomic mass is 10.2. The minimum absolute atomic E-state index is 0. The average molecular weight is 338 g/mol. The first kappa shape index (κ1) is 16.9. The Morgan fingerprint density at radius 3 is 2.50 bits per heavy atom. The van der Waals surface area contributed by atoms with Crippen molar-refractivity contribution in [2.45, 2.75) is 32.5 Å². The summed E-state index contributed by atoms with van der Waals surface area (Å²) in [6, 6.07) is 10.6. The van der Waals surface area contributed by atoms with Gasteiger partial charge < -0.3 is 17.0 Å². The molecule has 2 rings (SSSR count). The predicted octanol–water partition coefficient (Wildman–Crippen LogP) is -0.312. The van der Waals surface area contributed by atoms with Crippen molar-refractivity contribution >= 4 is 0 Å². The van der Waals surface area contributed by atoms with E-state index in [2.05, 4.69) is 84.1 Å². The Balaban J connectivity index is 0.00000200. The molecule has 0 saturated heterocycles. The first-order chi connectivity index (χ1) is 9.20. The Kier molecular flexibility index (Phi) is 6.96. The van der Waals surface area contributed by atoms with E-state index in [1.807, 2.05) is 0 Å². The second-order valence-electron chi connectivity index (χ2n) is 5.25. The molecule has 0 aliphatic heterocycles. The van der Waals surface area contributed by atoms with Crippen molar-refractivity contribution in [1.82, 2.24) is 9.47 Å². The Labute approximate surface area is 132 Å². The number of imidazole rings is 1. The second kappa shape index (κ2) is 8.22. The van der Waals surface area contributed by atoms with Crippen molar-refractivity contribution in [3.63, 3.8) is 0 Å². The number of benzene rings is 1. The normalized spacial score (nSPS) is 12.2. The zero-order valence-corrected chi connectivity index (χ0v) is 14.1. The number of nitrogens with zero attached hydrogens (tertiary/aromatic N) is 3. The van der Waals surface area contributed by atoms with E-state index in [0.717, 1.165) is 6.54 Å². The molecule has 3 nitrogen and oxygen atoms in total. The molecule has 1 unspecified atom stereocenters. The number of hydrogen-bond donors (Lipinski definition) is 0. The highest BCUT2D eigenvalue weighted by atomic mass is 79.9. The first-order valence-electron chi connectivity index (χ1n) is 6.97. The van der Waals surface area contributed by atoms with Crippen LogP contribution in [0.1, 0.15) is 31.5 Å². The number of rotatable bonds is 6. The monoisotopic (exact) mass is 337 g/mol. The van der Waals surface area contributed by atoms with Crippen LogP contribution in [-0.4, -0.2) is 23.6 Å². The highest BCUT2D eigenvalue weighted by Crippen LogP contribution is 2.09. The Bertz CT molecular complexity index is 493. The maximum Gasteiger partial charge on any atom is 0.245 e. The van der Waals surface area contributed by atoms with Gasteiger partial charge in [0, 0.05) is 6.42 Å². The Morgan fingerprint density at radius 1 is 1.20 bits per heavy atom. The van der Waals surface area contributed by atoms with Crippen molar-refractivity contribution in [2.75, 3.05) is 14.1 Å². The van der Waals surface area contributed by atoms with E-state index in [1.165, 1.54) is 18.4 Å². The SMILES string of the molecule is CCCC(N(C)C)[n+]1ccn(Cc2ccccc2)c1.[Br-]. The molecule has 0 radical (unpaired) electrons. The minimum Gasteiger partial charge on any atom is -1.00 e. The van der Waals surface area contributed by atoms with Crippen molar-refractivity contribution < 1.29 is 21.5 Å². The molecule has 110 valence electrons. The molecule has 1 aromatic carbocycles. The van der Waals surface area contributed by atoms with Crippen molar-refractivity contribution in [2.24, 2.45) is 0 Å². The van der Waals surface area contributed by atoms with Gasteiger partial charge in [0.2, 0.25) is 6.33 Å². The van der Waals surface area contributed by atoms with E-state index < -0.39 is 0 Å². The molecule has 20 heavy (non-hydrogen) atoms. The molecule has 2 aromatic rings. The predicted molar refractivity (Wildman–Crippen MR) is 77.8 cm³/mol. The zero-order chi connectivity index (χ0) is 13.7.